The van der Waals surface area contributed by atoms with Gasteiger partial charge >= 0.3 is 0 Å². The second kappa shape index (κ2) is 8.02. The molecule has 1 N–H and O–H groups in total. The van der Waals surface area contributed by atoms with E-state index in [0.717, 1.165) is 29.4 Å². The van der Waals surface area contributed by atoms with Gasteiger partial charge in [0.1, 0.15) is 0 Å². The van der Waals surface area contributed by atoms with E-state index in [1.807, 2.05) is 36.4 Å². The molecule has 0 aliphatic rings. The Morgan fingerprint density at radius 3 is 2.15 bits per heavy atom. The second-order valence-corrected chi connectivity index (χ2v) is 8.84. The maximum atomic E-state index is 11.2. The van der Waals surface area contributed by atoms with E-state index in [1.54, 1.807) is 0 Å². The Kier molecular flexibility index (Phi) is 5.72. The van der Waals surface area contributed by atoms with Gasteiger partial charge in [-0.05, 0) is 35.6 Å². The molecule has 0 radical (unpaired) electrons. The molecular weight excluding hydrogens is 362 g/mol. The Bertz CT molecular complexity index is 992. The van der Waals surface area contributed by atoms with Crippen molar-refractivity contribution in [3.8, 4) is 22.8 Å². The fourth-order valence-corrected chi connectivity index (χ4v) is 3.13. The van der Waals surface area contributed by atoms with Crippen LogP contribution in [0.4, 0.5) is 0 Å². The molecule has 0 amide bonds. The molecule has 1 aromatic heterocycles. The fourth-order valence-electron chi connectivity index (χ4n) is 2.70. The topological polar surface area (TPSA) is 85.1 Å². The molecule has 0 fully saturated rings. The molecule has 0 saturated heterocycles. The van der Waals surface area contributed by atoms with Crippen molar-refractivity contribution >= 4 is 10.0 Å². The van der Waals surface area contributed by atoms with Crippen molar-refractivity contribution in [1.82, 2.24) is 14.9 Å². The van der Waals surface area contributed by atoms with Gasteiger partial charge in [0, 0.05) is 17.7 Å². The van der Waals surface area contributed by atoms with E-state index in [9.17, 15) is 8.42 Å². The van der Waals surface area contributed by atoms with Crippen molar-refractivity contribution in [2.45, 2.75) is 26.8 Å². The van der Waals surface area contributed by atoms with E-state index in [4.69, 9.17) is 4.52 Å². The Morgan fingerprint density at radius 2 is 1.56 bits per heavy atom. The molecule has 0 aliphatic heterocycles. The highest BCUT2D eigenvalue weighted by Gasteiger charge is 2.11. The number of hydrogen-bond acceptors (Lipinski definition) is 5. The molecule has 142 valence electrons. The lowest BCUT2D eigenvalue weighted by atomic mass is 10.0. The van der Waals surface area contributed by atoms with Gasteiger partial charge in [-0.3, -0.25) is 0 Å². The van der Waals surface area contributed by atoms with Crippen LogP contribution in [0.1, 0.15) is 25.0 Å². The average molecular weight is 385 g/mol. The lowest BCUT2D eigenvalue weighted by Crippen LogP contribution is -2.21. The van der Waals surface area contributed by atoms with Gasteiger partial charge in [0.15, 0.2) is 0 Å². The molecular formula is C20H23N3O3S. The summed E-state index contributed by atoms with van der Waals surface area (Å²) in [5.74, 6) is 1.59. The van der Waals surface area contributed by atoms with E-state index >= 15 is 0 Å². The second-order valence-electron chi connectivity index (χ2n) is 7.01. The molecule has 6 nitrogen and oxygen atoms in total. The van der Waals surface area contributed by atoms with Crippen LogP contribution in [0.3, 0.4) is 0 Å². The Labute approximate surface area is 159 Å². The molecule has 0 atom stereocenters. The third-order valence-corrected chi connectivity index (χ3v) is 4.69. The SMILES string of the molecule is CC(C)Cc1ccc(-c2nc(-c3ccc(CNS(C)(=O)=O)cc3)no2)cc1. The fraction of sp³-hybridized carbons (Fsp3) is 0.300. The summed E-state index contributed by atoms with van der Waals surface area (Å²) in [5, 5.41) is 4.05. The van der Waals surface area contributed by atoms with Crippen LogP contribution >= 0.6 is 0 Å². The maximum Gasteiger partial charge on any atom is 0.258 e. The summed E-state index contributed by atoms with van der Waals surface area (Å²) >= 11 is 0. The van der Waals surface area contributed by atoms with Gasteiger partial charge in [0.25, 0.3) is 5.89 Å². The number of sulfonamides is 1. The van der Waals surface area contributed by atoms with E-state index in [1.165, 1.54) is 5.56 Å². The van der Waals surface area contributed by atoms with Crippen LogP contribution in [0.15, 0.2) is 53.1 Å². The molecule has 0 saturated carbocycles. The minimum atomic E-state index is -3.21. The normalized spacial score (nSPS) is 11.9. The van der Waals surface area contributed by atoms with Crippen LogP contribution in [0.25, 0.3) is 22.8 Å². The van der Waals surface area contributed by atoms with Crippen LogP contribution in [0.5, 0.6) is 0 Å². The molecule has 3 aromatic rings. The standard InChI is InChI=1S/C20H23N3O3S/c1-14(2)12-15-4-10-18(11-5-15)20-22-19(23-26-20)17-8-6-16(7-9-17)13-21-27(3,24)25/h4-11,14,21H,12-13H2,1-3H3. The monoisotopic (exact) mass is 385 g/mol. The van der Waals surface area contributed by atoms with Gasteiger partial charge in [0.2, 0.25) is 15.8 Å². The third-order valence-electron chi connectivity index (χ3n) is 4.02. The minimum Gasteiger partial charge on any atom is -0.334 e. The summed E-state index contributed by atoms with van der Waals surface area (Å²) < 4.78 is 30.2. The van der Waals surface area contributed by atoms with Crippen molar-refractivity contribution < 1.29 is 12.9 Å². The quantitative estimate of drug-likeness (QED) is 0.671. The van der Waals surface area contributed by atoms with Gasteiger partial charge in [-0.25, -0.2) is 13.1 Å². The summed E-state index contributed by atoms with van der Waals surface area (Å²) in [6.45, 7) is 4.64. The van der Waals surface area contributed by atoms with Gasteiger partial charge in [-0.15, -0.1) is 0 Å². The summed E-state index contributed by atoms with van der Waals surface area (Å²) in [4.78, 5) is 4.47. The maximum absolute atomic E-state index is 11.2. The number of benzene rings is 2. The lowest BCUT2D eigenvalue weighted by molar-refractivity contribution is 0.432. The number of nitrogens with zero attached hydrogens (tertiary/aromatic N) is 2. The molecule has 1 heterocycles. The highest BCUT2D eigenvalue weighted by molar-refractivity contribution is 7.88. The smallest absolute Gasteiger partial charge is 0.258 e. The van der Waals surface area contributed by atoms with E-state index in [0.29, 0.717) is 17.6 Å². The van der Waals surface area contributed by atoms with E-state index in [2.05, 4.69) is 40.8 Å². The van der Waals surface area contributed by atoms with Crippen molar-refractivity contribution in [3.63, 3.8) is 0 Å². The third kappa shape index (κ3) is 5.48. The first-order chi connectivity index (χ1) is 12.8. The van der Waals surface area contributed by atoms with Crippen molar-refractivity contribution in [2.75, 3.05) is 6.26 Å². The highest BCUT2D eigenvalue weighted by atomic mass is 32.2. The van der Waals surface area contributed by atoms with Crippen LogP contribution in [-0.2, 0) is 23.0 Å². The molecule has 0 bridgehead atoms. The van der Waals surface area contributed by atoms with Gasteiger partial charge < -0.3 is 4.52 Å². The number of nitrogens with one attached hydrogen (secondary N) is 1. The minimum absolute atomic E-state index is 0.249. The molecule has 2 aromatic carbocycles. The zero-order valence-electron chi connectivity index (χ0n) is 15.6. The van der Waals surface area contributed by atoms with Crippen molar-refractivity contribution in [2.24, 2.45) is 5.92 Å². The molecule has 0 aliphatic carbocycles. The molecule has 27 heavy (non-hydrogen) atoms. The molecule has 7 heteroatoms. The Balaban J connectivity index is 1.71. The van der Waals surface area contributed by atoms with Crippen LogP contribution in [-0.4, -0.2) is 24.8 Å². The lowest BCUT2D eigenvalue weighted by Gasteiger charge is -2.04. The van der Waals surface area contributed by atoms with Crippen LogP contribution in [0.2, 0.25) is 0 Å². The van der Waals surface area contributed by atoms with E-state index < -0.39 is 10.0 Å². The average Bonchev–Trinajstić information content (AvgIpc) is 3.10. The first-order valence-electron chi connectivity index (χ1n) is 8.77. The first kappa shape index (κ1) is 19.3. The largest absolute Gasteiger partial charge is 0.334 e. The van der Waals surface area contributed by atoms with Crippen LogP contribution in [0, 0.1) is 5.92 Å². The summed E-state index contributed by atoms with van der Waals surface area (Å²) in [6.07, 6.45) is 2.17. The predicted octanol–water partition coefficient (Wildman–Crippen LogP) is 3.65. The van der Waals surface area contributed by atoms with Gasteiger partial charge in [0.05, 0.1) is 6.26 Å². The summed E-state index contributed by atoms with van der Waals surface area (Å²) in [5.41, 5.74) is 3.83. The Hall–Kier alpha value is -2.51. The molecule has 0 unspecified atom stereocenters. The summed E-state index contributed by atoms with van der Waals surface area (Å²) in [6, 6.07) is 15.5. The zero-order chi connectivity index (χ0) is 19.4. The van der Waals surface area contributed by atoms with Gasteiger partial charge in [-0.1, -0.05) is 55.4 Å². The molecule has 0 spiro atoms. The van der Waals surface area contributed by atoms with Crippen molar-refractivity contribution in [3.05, 3.63) is 59.7 Å². The van der Waals surface area contributed by atoms with Crippen LogP contribution < -0.4 is 4.72 Å². The zero-order valence-corrected chi connectivity index (χ0v) is 16.5. The van der Waals surface area contributed by atoms with Crippen molar-refractivity contribution in [1.29, 1.82) is 0 Å². The Morgan fingerprint density at radius 1 is 0.963 bits per heavy atom. The number of rotatable bonds is 7. The predicted molar refractivity (Wildman–Crippen MR) is 105 cm³/mol. The molecule has 3 rings (SSSR count). The number of aromatic nitrogens is 2. The van der Waals surface area contributed by atoms with Gasteiger partial charge in [-0.2, -0.15) is 4.98 Å². The summed E-state index contributed by atoms with van der Waals surface area (Å²) in [7, 11) is -3.21. The highest BCUT2D eigenvalue weighted by Crippen LogP contribution is 2.23. The first-order valence-corrected chi connectivity index (χ1v) is 10.7. The van der Waals surface area contributed by atoms with E-state index in [-0.39, 0.29) is 6.54 Å². The number of hydrogen-bond donors (Lipinski definition) is 1.